The molecule has 0 aliphatic rings. The number of rotatable bonds is 2. The lowest BCUT2D eigenvalue weighted by molar-refractivity contribution is 0.702. The van der Waals surface area contributed by atoms with Crippen LogP contribution in [0.1, 0.15) is 17.1 Å². The number of nitrogens with zero attached hydrogens (tertiary/aromatic N) is 5. The molecule has 0 atom stereocenters. The summed E-state index contributed by atoms with van der Waals surface area (Å²) < 4.78 is 1.74. The molecule has 2 heterocycles. The summed E-state index contributed by atoms with van der Waals surface area (Å²) in [7, 11) is 0. The number of aryl methyl sites for hydroxylation is 1. The summed E-state index contributed by atoms with van der Waals surface area (Å²) in [6, 6.07) is 7.47. The third-order valence-corrected chi connectivity index (χ3v) is 3.22. The van der Waals surface area contributed by atoms with Gasteiger partial charge in [0.05, 0.1) is 12.1 Å². The van der Waals surface area contributed by atoms with Crippen molar-refractivity contribution in [2.75, 3.05) is 0 Å². The normalized spacial score (nSPS) is 10.7. The minimum Gasteiger partial charge on any atom is -0.259 e. The minimum absolute atomic E-state index is 0.393. The van der Waals surface area contributed by atoms with Crippen molar-refractivity contribution in [3.8, 4) is 6.07 Å². The summed E-state index contributed by atoms with van der Waals surface area (Å²) in [5, 5.41) is 14.9. The zero-order valence-electron chi connectivity index (χ0n) is 10.7. The van der Waals surface area contributed by atoms with Crippen LogP contribution in [0, 0.1) is 18.3 Å². The van der Waals surface area contributed by atoms with Crippen LogP contribution in [-0.2, 0) is 6.54 Å². The van der Waals surface area contributed by atoms with Crippen molar-refractivity contribution in [2.24, 2.45) is 0 Å². The monoisotopic (exact) mass is 283 g/mol. The Morgan fingerprint density at radius 3 is 2.75 bits per heavy atom. The van der Waals surface area contributed by atoms with Gasteiger partial charge in [0.2, 0.25) is 0 Å². The van der Waals surface area contributed by atoms with Crippen molar-refractivity contribution < 1.29 is 0 Å². The van der Waals surface area contributed by atoms with Gasteiger partial charge in [0.15, 0.2) is 5.69 Å². The van der Waals surface area contributed by atoms with Crippen molar-refractivity contribution >= 4 is 22.5 Å². The van der Waals surface area contributed by atoms with E-state index in [9.17, 15) is 0 Å². The molecule has 0 amide bonds. The highest BCUT2D eigenvalue weighted by Gasteiger charge is 2.11. The van der Waals surface area contributed by atoms with E-state index in [2.05, 4.69) is 21.1 Å². The molecule has 0 aliphatic carbocycles. The zero-order valence-corrected chi connectivity index (χ0v) is 11.5. The van der Waals surface area contributed by atoms with Crippen LogP contribution in [0.4, 0.5) is 0 Å². The van der Waals surface area contributed by atoms with E-state index in [-0.39, 0.29) is 0 Å². The lowest BCUT2D eigenvalue weighted by Gasteiger charge is -2.03. The first kappa shape index (κ1) is 12.6. The topological polar surface area (TPSA) is 67.4 Å². The van der Waals surface area contributed by atoms with Crippen LogP contribution in [0.25, 0.3) is 10.9 Å². The van der Waals surface area contributed by atoms with Crippen molar-refractivity contribution in [2.45, 2.75) is 13.5 Å². The Kier molecular flexibility index (Phi) is 3.09. The largest absolute Gasteiger partial charge is 0.259 e. The Balaban J connectivity index is 2.09. The van der Waals surface area contributed by atoms with Crippen molar-refractivity contribution in [1.82, 2.24) is 19.7 Å². The van der Waals surface area contributed by atoms with Crippen LogP contribution in [-0.4, -0.2) is 19.7 Å². The summed E-state index contributed by atoms with van der Waals surface area (Å²) in [5.74, 6) is 0.722. The molecule has 98 valence electrons. The predicted molar refractivity (Wildman–Crippen MR) is 75.3 cm³/mol. The van der Waals surface area contributed by atoms with Gasteiger partial charge in [0.1, 0.15) is 11.9 Å². The Morgan fingerprint density at radius 1 is 1.30 bits per heavy atom. The van der Waals surface area contributed by atoms with Gasteiger partial charge in [-0.25, -0.2) is 9.97 Å². The van der Waals surface area contributed by atoms with Crippen LogP contribution in [0.3, 0.4) is 0 Å². The van der Waals surface area contributed by atoms with Crippen LogP contribution >= 0.6 is 11.6 Å². The molecule has 6 heteroatoms. The fourth-order valence-corrected chi connectivity index (χ4v) is 2.19. The number of benzene rings is 1. The average molecular weight is 284 g/mol. The number of halogens is 1. The van der Waals surface area contributed by atoms with E-state index in [4.69, 9.17) is 16.9 Å². The minimum atomic E-state index is 0.393. The van der Waals surface area contributed by atoms with Gasteiger partial charge in [-0.3, -0.25) is 4.68 Å². The molecule has 0 N–H and O–H groups in total. The quantitative estimate of drug-likeness (QED) is 0.725. The van der Waals surface area contributed by atoms with E-state index in [0.717, 1.165) is 22.3 Å². The van der Waals surface area contributed by atoms with Crippen molar-refractivity contribution in [3.63, 3.8) is 0 Å². The molecule has 0 spiro atoms. The second kappa shape index (κ2) is 4.91. The molecule has 0 saturated heterocycles. The second-order valence-electron chi connectivity index (χ2n) is 4.42. The molecule has 5 nitrogen and oxygen atoms in total. The number of hydrogen-bond acceptors (Lipinski definition) is 4. The Bertz CT molecular complexity index is 814. The molecule has 0 radical (unpaired) electrons. The Morgan fingerprint density at radius 2 is 2.05 bits per heavy atom. The van der Waals surface area contributed by atoms with E-state index in [1.165, 1.54) is 0 Å². The van der Waals surface area contributed by atoms with Crippen LogP contribution in [0.15, 0.2) is 30.6 Å². The predicted octanol–water partition coefficient (Wildman–Crippen LogP) is 2.71. The number of nitriles is 1. The zero-order chi connectivity index (χ0) is 14.1. The highest BCUT2D eigenvalue weighted by atomic mass is 35.5. The van der Waals surface area contributed by atoms with Gasteiger partial charge in [-0.15, -0.1) is 0 Å². The number of hydrogen-bond donors (Lipinski definition) is 0. The molecule has 20 heavy (non-hydrogen) atoms. The van der Waals surface area contributed by atoms with E-state index < -0.39 is 0 Å². The molecule has 0 saturated carbocycles. The lowest BCUT2D eigenvalue weighted by atomic mass is 10.2. The lowest BCUT2D eigenvalue weighted by Crippen LogP contribution is -2.03. The first-order valence-corrected chi connectivity index (χ1v) is 6.39. The van der Waals surface area contributed by atoms with Crippen LogP contribution in [0.5, 0.6) is 0 Å². The highest BCUT2D eigenvalue weighted by molar-refractivity contribution is 6.31. The maximum atomic E-state index is 9.14. The van der Waals surface area contributed by atoms with Crippen LogP contribution < -0.4 is 0 Å². The van der Waals surface area contributed by atoms with Gasteiger partial charge in [-0.05, 0) is 25.1 Å². The number of fused-ring (bicyclic) bond motifs is 1. The highest BCUT2D eigenvalue weighted by Crippen LogP contribution is 2.22. The molecular weight excluding hydrogens is 274 g/mol. The third-order valence-electron chi connectivity index (χ3n) is 2.99. The van der Waals surface area contributed by atoms with Gasteiger partial charge in [0, 0.05) is 28.4 Å². The summed E-state index contributed by atoms with van der Waals surface area (Å²) in [5.41, 5.74) is 2.14. The van der Waals surface area contributed by atoms with Gasteiger partial charge < -0.3 is 0 Å². The van der Waals surface area contributed by atoms with Gasteiger partial charge in [0.25, 0.3) is 0 Å². The Hall–Kier alpha value is -2.45. The molecule has 2 aromatic heterocycles. The van der Waals surface area contributed by atoms with E-state index >= 15 is 0 Å². The van der Waals surface area contributed by atoms with Crippen molar-refractivity contribution in [1.29, 1.82) is 5.26 Å². The fraction of sp³-hybridized carbons (Fsp3) is 0.143. The maximum Gasteiger partial charge on any atom is 0.170 e. The third kappa shape index (κ3) is 2.22. The summed E-state index contributed by atoms with van der Waals surface area (Å²) in [4.78, 5) is 8.31. The van der Waals surface area contributed by atoms with Gasteiger partial charge >= 0.3 is 0 Å². The molecule has 3 aromatic rings. The fourth-order valence-electron chi connectivity index (χ4n) is 2.02. The SMILES string of the molecule is Cc1ncc(Cn2nc(C#N)c3ccc(Cl)cc32)cn1. The van der Waals surface area contributed by atoms with Gasteiger partial charge in [-0.2, -0.15) is 10.4 Å². The molecule has 3 rings (SSSR count). The number of aromatic nitrogens is 4. The van der Waals surface area contributed by atoms with E-state index in [1.54, 1.807) is 29.2 Å². The Labute approximate surface area is 120 Å². The summed E-state index contributed by atoms with van der Waals surface area (Å²) in [6.45, 7) is 2.33. The molecule has 0 bridgehead atoms. The summed E-state index contributed by atoms with van der Waals surface area (Å²) >= 11 is 6.02. The first-order valence-electron chi connectivity index (χ1n) is 6.01. The van der Waals surface area contributed by atoms with Gasteiger partial charge in [-0.1, -0.05) is 11.6 Å². The maximum absolute atomic E-state index is 9.14. The average Bonchev–Trinajstić information content (AvgIpc) is 2.79. The molecule has 0 fully saturated rings. The first-order chi connectivity index (χ1) is 9.67. The van der Waals surface area contributed by atoms with Crippen LogP contribution in [0.2, 0.25) is 5.02 Å². The molecule has 0 aliphatic heterocycles. The summed E-state index contributed by atoms with van der Waals surface area (Å²) in [6.07, 6.45) is 3.51. The molecule has 1 aromatic carbocycles. The van der Waals surface area contributed by atoms with Crippen molar-refractivity contribution in [3.05, 3.63) is 52.7 Å². The van der Waals surface area contributed by atoms with E-state index in [1.807, 2.05) is 13.0 Å². The smallest absolute Gasteiger partial charge is 0.170 e. The molecule has 0 unspecified atom stereocenters. The molecular formula is C14H10ClN5. The van der Waals surface area contributed by atoms with E-state index in [0.29, 0.717) is 17.3 Å². The second-order valence-corrected chi connectivity index (χ2v) is 4.85. The standard InChI is InChI=1S/C14H10ClN5/c1-9-17-6-10(7-18-9)8-20-14-4-11(15)2-3-12(14)13(5-16)19-20/h2-4,6-7H,8H2,1H3.